The third-order valence-corrected chi connectivity index (χ3v) is 3.73. The monoisotopic (exact) mass is 258 g/mol. The molecule has 1 unspecified atom stereocenters. The van der Waals surface area contributed by atoms with E-state index in [1.807, 2.05) is 24.3 Å². The number of para-hydroxylation sites is 1. The van der Waals surface area contributed by atoms with Gasteiger partial charge in [-0.15, -0.1) is 0 Å². The average molecular weight is 258 g/mol. The number of pyridine rings is 1. The van der Waals surface area contributed by atoms with Gasteiger partial charge in [-0.2, -0.15) is 0 Å². The molecule has 1 aromatic carbocycles. The van der Waals surface area contributed by atoms with Crippen molar-refractivity contribution in [2.45, 2.75) is 19.1 Å². The standard InChI is InChI=1S/C15H18N2O2/c1-19-12-6-7-17(9-12)15-8-11(10-18)16-14-5-3-2-4-13(14)15/h2-5,8,12,18H,6-7,9-10H2,1H3. The summed E-state index contributed by atoms with van der Waals surface area (Å²) in [7, 11) is 1.76. The van der Waals surface area contributed by atoms with Gasteiger partial charge in [-0.05, 0) is 18.6 Å². The van der Waals surface area contributed by atoms with Crippen molar-refractivity contribution in [1.82, 2.24) is 4.98 Å². The molecule has 0 saturated carbocycles. The minimum atomic E-state index is -0.0284. The maximum absolute atomic E-state index is 9.36. The van der Waals surface area contributed by atoms with Gasteiger partial charge in [0.05, 0.1) is 23.9 Å². The molecule has 1 saturated heterocycles. The molecule has 0 bridgehead atoms. The van der Waals surface area contributed by atoms with Crippen LogP contribution >= 0.6 is 0 Å². The Balaban J connectivity index is 2.06. The lowest BCUT2D eigenvalue weighted by Gasteiger charge is -2.21. The molecule has 0 aliphatic carbocycles. The Morgan fingerprint density at radius 3 is 3.00 bits per heavy atom. The van der Waals surface area contributed by atoms with Crippen LogP contribution in [0.4, 0.5) is 5.69 Å². The molecule has 3 rings (SSSR count). The number of ether oxygens (including phenoxy) is 1. The first kappa shape index (κ1) is 12.4. The third-order valence-electron chi connectivity index (χ3n) is 3.73. The van der Waals surface area contributed by atoms with Crippen LogP contribution in [0.3, 0.4) is 0 Å². The lowest BCUT2D eigenvalue weighted by Crippen LogP contribution is -2.22. The first-order valence-corrected chi connectivity index (χ1v) is 6.59. The summed E-state index contributed by atoms with van der Waals surface area (Å²) in [6, 6.07) is 10.1. The summed E-state index contributed by atoms with van der Waals surface area (Å²) in [5.41, 5.74) is 2.80. The molecule has 1 N–H and O–H groups in total. The number of benzene rings is 1. The minimum Gasteiger partial charge on any atom is -0.390 e. The van der Waals surface area contributed by atoms with Gasteiger partial charge in [0, 0.05) is 31.3 Å². The van der Waals surface area contributed by atoms with Gasteiger partial charge in [0.2, 0.25) is 0 Å². The summed E-state index contributed by atoms with van der Waals surface area (Å²) in [6.07, 6.45) is 1.34. The number of anilines is 1. The minimum absolute atomic E-state index is 0.0284. The molecule has 0 radical (unpaired) electrons. The Morgan fingerprint density at radius 1 is 1.42 bits per heavy atom. The average Bonchev–Trinajstić information content (AvgIpc) is 2.94. The highest BCUT2D eigenvalue weighted by molar-refractivity contribution is 5.92. The zero-order valence-corrected chi connectivity index (χ0v) is 11.0. The molecule has 19 heavy (non-hydrogen) atoms. The molecule has 100 valence electrons. The molecular weight excluding hydrogens is 240 g/mol. The maximum Gasteiger partial charge on any atom is 0.0854 e. The van der Waals surface area contributed by atoms with Crippen molar-refractivity contribution in [3.8, 4) is 0 Å². The second-order valence-electron chi connectivity index (χ2n) is 4.90. The number of methoxy groups -OCH3 is 1. The van der Waals surface area contributed by atoms with Crippen molar-refractivity contribution in [3.05, 3.63) is 36.0 Å². The fourth-order valence-electron chi connectivity index (χ4n) is 2.69. The molecule has 0 spiro atoms. The van der Waals surface area contributed by atoms with E-state index >= 15 is 0 Å². The second kappa shape index (κ2) is 5.15. The van der Waals surface area contributed by atoms with Gasteiger partial charge in [-0.25, -0.2) is 0 Å². The van der Waals surface area contributed by atoms with Crippen LogP contribution < -0.4 is 4.90 Å². The van der Waals surface area contributed by atoms with E-state index in [9.17, 15) is 5.11 Å². The SMILES string of the molecule is COC1CCN(c2cc(CO)nc3ccccc23)C1. The Kier molecular flexibility index (Phi) is 3.36. The zero-order chi connectivity index (χ0) is 13.2. The van der Waals surface area contributed by atoms with Crippen LogP contribution in [0.15, 0.2) is 30.3 Å². The highest BCUT2D eigenvalue weighted by atomic mass is 16.5. The van der Waals surface area contributed by atoms with Crippen molar-refractivity contribution in [2.24, 2.45) is 0 Å². The largest absolute Gasteiger partial charge is 0.390 e. The van der Waals surface area contributed by atoms with E-state index < -0.39 is 0 Å². The van der Waals surface area contributed by atoms with Gasteiger partial charge in [-0.3, -0.25) is 4.98 Å². The van der Waals surface area contributed by atoms with Gasteiger partial charge in [0.15, 0.2) is 0 Å². The topological polar surface area (TPSA) is 45.6 Å². The molecule has 1 aromatic heterocycles. The van der Waals surface area contributed by atoms with Gasteiger partial charge >= 0.3 is 0 Å². The van der Waals surface area contributed by atoms with Crippen LogP contribution in [-0.2, 0) is 11.3 Å². The highest BCUT2D eigenvalue weighted by Crippen LogP contribution is 2.30. The Bertz CT molecular complexity index is 585. The van der Waals surface area contributed by atoms with E-state index in [-0.39, 0.29) is 6.61 Å². The lowest BCUT2D eigenvalue weighted by atomic mass is 10.1. The van der Waals surface area contributed by atoms with Gasteiger partial charge in [0.1, 0.15) is 0 Å². The van der Waals surface area contributed by atoms with E-state index in [1.54, 1.807) is 7.11 Å². The predicted molar refractivity (Wildman–Crippen MR) is 75.3 cm³/mol. The van der Waals surface area contributed by atoms with Crippen LogP contribution in [0, 0.1) is 0 Å². The van der Waals surface area contributed by atoms with Crippen LogP contribution in [-0.4, -0.2) is 36.4 Å². The smallest absolute Gasteiger partial charge is 0.0854 e. The number of rotatable bonds is 3. The summed E-state index contributed by atoms with van der Waals surface area (Å²) in [6.45, 7) is 1.85. The number of nitrogens with zero attached hydrogens (tertiary/aromatic N) is 2. The number of aliphatic hydroxyl groups is 1. The lowest BCUT2D eigenvalue weighted by molar-refractivity contribution is 0.121. The number of aliphatic hydroxyl groups excluding tert-OH is 1. The molecule has 4 nitrogen and oxygen atoms in total. The quantitative estimate of drug-likeness (QED) is 0.914. The number of fused-ring (bicyclic) bond motifs is 1. The van der Waals surface area contributed by atoms with Crippen LogP contribution in [0.5, 0.6) is 0 Å². The Morgan fingerprint density at radius 2 is 2.26 bits per heavy atom. The molecule has 0 amide bonds. The van der Waals surface area contributed by atoms with Crippen molar-refractivity contribution in [2.75, 3.05) is 25.1 Å². The molecule has 1 aliphatic heterocycles. The van der Waals surface area contributed by atoms with Crippen LogP contribution in [0.25, 0.3) is 10.9 Å². The number of hydrogen-bond acceptors (Lipinski definition) is 4. The Labute approximate surface area is 112 Å². The van der Waals surface area contributed by atoms with Gasteiger partial charge in [-0.1, -0.05) is 18.2 Å². The van der Waals surface area contributed by atoms with Crippen LogP contribution in [0.1, 0.15) is 12.1 Å². The fraction of sp³-hybridized carbons (Fsp3) is 0.400. The van der Waals surface area contributed by atoms with Gasteiger partial charge in [0.25, 0.3) is 0 Å². The van der Waals surface area contributed by atoms with Gasteiger partial charge < -0.3 is 14.7 Å². The predicted octanol–water partition coefficient (Wildman–Crippen LogP) is 1.95. The first-order valence-electron chi connectivity index (χ1n) is 6.59. The third kappa shape index (κ3) is 2.29. The van der Waals surface area contributed by atoms with E-state index in [2.05, 4.69) is 16.0 Å². The van der Waals surface area contributed by atoms with E-state index in [4.69, 9.17) is 4.74 Å². The molecule has 1 fully saturated rings. The van der Waals surface area contributed by atoms with E-state index in [1.165, 1.54) is 0 Å². The van der Waals surface area contributed by atoms with Crippen molar-refractivity contribution >= 4 is 16.6 Å². The van der Waals surface area contributed by atoms with Crippen molar-refractivity contribution in [3.63, 3.8) is 0 Å². The maximum atomic E-state index is 9.36. The molecular formula is C15H18N2O2. The van der Waals surface area contributed by atoms with Crippen LogP contribution in [0.2, 0.25) is 0 Å². The van der Waals surface area contributed by atoms with E-state index in [0.29, 0.717) is 6.10 Å². The molecule has 4 heteroatoms. The fourth-order valence-corrected chi connectivity index (χ4v) is 2.69. The molecule has 2 aromatic rings. The Hall–Kier alpha value is -1.65. The molecule has 1 aliphatic rings. The summed E-state index contributed by atoms with van der Waals surface area (Å²) in [5.74, 6) is 0. The summed E-state index contributed by atoms with van der Waals surface area (Å²) in [4.78, 5) is 6.77. The van der Waals surface area contributed by atoms with Crippen molar-refractivity contribution < 1.29 is 9.84 Å². The summed E-state index contributed by atoms with van der Waals surface area (Å²) >= 11 is 0. The number of aromatic nitrogens is 1. The second-order valence-corrected chi connectivity index (χ2v) is 4.90. The normalized spacial score (nSPS) is 19.3. The zero-order valence-electron chi connectivity index (χ0n) is 11.0. The van der Waals surface area contributed by atoms with E-state index in [0.717, 1.165) is 41.8 Å². The molecule has 2 heterocycles. The summed E-state index contributed by atoms with van der Waals surface area (Å²) < 4.78 is 5.42. The number of hydrogen-bond donors (Lipinski definition) is 1. The summed E-state index contributed by atoms with van der Waals surface area (Å²) in [5, 5.41) is 10.5. The molecule has 1 atom stereocenters. The van der Waals surface area contributed by atoms with Crippen molar-refractivity contribution in [1.29, 1.82) is 0 Å². The highest BCUT2D eigenvalue weighted by Gasteiger charge is 2.23. The first-order chi connectivity index (χ1) is 9.31.